The van der Waals surface area contributed by atoms with Crippen LogP contribution in [0.3, 0.4) is 0 Å². The number of benzene rings is 2. The molecule has 0 aromatic heterocycles. The molecule has 1 aliphatic heterocycles. The fourth-order valence-corrected chi connectivity index (χ4v) is 2.84. The zero-order valence-corrected chi connectivity index (χ0v) is 13.6. The van der Waals surface area contributed by atoms with Crippen LogP contribution in [0.2, 0.25) is 5.02 Å². The maximum Gasteiger partial charge on any atom is 0.260 e. The van der Waals surface area contributed by atoms with Crippen LogP contribution < -0.4 is 9.64 Å². The molecule has 0 radical (unpaired) electrons. The molecule has 23 heavy (non-hydrogen) atoms. The van der Waals surface area contributed by atoms with Gasteiger partial charge in [-0.05, 0) is 24.3 Å². The predicted octanol–water partition coefficient (Wildman–Crippen LogP) is 3.07. The quantitative estimate of drug-likeness (QED) is 0.863. The van der Waals surface area contributed by atoms with Crippen LogP contribution in [0.1, 0.15) is 0 Å². The highest BCUT2D eigenvalue weighted by Crippen LogP contribution is 2.23. The van der Waals surface area contributed by atoms with Gasteiger partial charge in [0.2, 0.25) is 0 Å². The lowest BCUT2D eigenvalue weighted by Gasteiger charge is -2.36. The van der Waals surface area contributed by atoms with Crippen molar-refractivity contribution < 1.29 is 9.53 Å². The van der Waals surface area contributed by atoms with Crippen LogP contribution in [0.4, 0.5) is 5.69 Å². The second kappa shape index (κ2) is 7.38. The van der Waals surface area contributed by atoms with Gasteiger partial charge in [-0.1, -0.05) is 41.9 Å². The average Bonchev–Trinajstić information content (AvgIpc) is 2.62. The van der Waals surface area contributed by atoms with E-state index in [1.165, 1.54) is 5.69 Å². The molecule has 0 N–H and O–H groups in total. The van der Waals surface area contributed by atoms with Gasteiger partial charge in [0, 0.05) is 31.9 Å². The summed E-state index contributed by atoms with van der Waals surface area (Å²) in [5, 5.41) is 0.522. The molecular formula is C18H19ClN2O2. The largest absolute Gasteiger partial charge is 0.482 e. The molecule has 2 aromatic carbocycles. The number of hydrogen-bond donors (Lipinski definition) is 0. The molecule has 1 fully saturated rings. The smallest absolute Gasteiger partial charge is 0.260 e. The molecule has 1 amide bonds. The second-order valence-electron chi connectivity index (χ2n) is 5.42. The number of amides is 1. The standard InChI is InChI=1S/C18H19ClN2O2/c19-16-8-4-5-9-17(16)23-14-18(22)21-12-10-20(11-13-21)15-6-2-1-3-7-15/h1-9H,10-14H2. The van der Waals surface area contributed by atoms with Crippen molar-refractivity contribution in [2.75, 3.05) is 37.7 Å². The van der Waals surface area contributed by atoms with Crippen molar-refractivity contribution in [1.82, 2.24) is 4.90 Å². The summed E-state index contributed by atoms with van der Waals surface area (Å²) in [5.41, 5.74) is 1.20. The highest BCUT2D eigenvalue weighted by molar-refractivity contribution is 6.32. The normalized spacial score (nSPS) is 14.7. The molecule has 0 aliphatic carbocycles. The third-order valence-corrected chi connectivity index (χ3v) is 4.25. The van der Waals surface area contributed by atoms with E-state index < -0.39 is 0 Å². The molecule has 1 heterocycles. The first-order valence-electron chi connectivity index (χ1n) is 7.69. The number of halogens is 1. The van der Waals surface area contributed by atoms with Crippen LogP contribution >= 0.6 is 11.6 Å². The molecule has 0 bridgehead atoms. The van der Waals surface area contributed by atoms with Gasteiger partial charge in [-0.15, -0.1) is 0 Å². The van der Waals surface area contributed by atoms with E-state index in [-0.39, 0.29) is 12.5 Å². The molecule has 0 saturated carbocycles. The lowest BCUT2D eigenvalue weighted by Crippen LogP contribution is -2.50. The molecule has 4 nitrogen and oxygen atoms in total. The molecule has 2 aromatic rings. The van der Waals surface area contributed by atoms with Gasteiger partial charge in [-0.2, -0.15) is 0 Å². The Morgan fingerprint density at radius 3 is 2.30 bits per heavy atom. The molecular weight excluding hydrogens is 312 g/mol. The van der Waals surface area contributed by atoms with Crippen molar-refractivity contribution in [2.24, 2.45) is 0 Å². The van der Waals surface area contributed by atoms with Gasteiger partial charge in [0.05, 0.1) is 5.02 Å². The first-order valence-corrected chi connectivity index (χ1v) is 8.07. The van der Waals surface area contributed by atoms with Crippen LogP contribution in [0, 0.1) is 0 Å². The SMILES string of the molecule is O=C(COc1ccccc1Cl)N1CCN(c2ccccc2)CC1. The Morgan fingerprint density at radius 1 is 0.957 bits per heavy atom. The molecule has 1 aliphatic rings. The van der Waals surface area contributed by atoms with Gasteiger partial charge in [-0.25, -0.2) is 0 Å². The number of para-hydroxylation sites is 2. The fourth-order valence-electron chi connectivity index (χ4n) is 2.65. The van der Waals surface area contributed by atoms with E-state index in [0.29, 0.717) is 23.9 Å². The van der Waals surface area contributed by atoms with Gasteiger partial charge in [0.25, 0.3) is 5.91 Å². The summed E-state index contributed by atoms with van der Waals surface area (Å²) in [6.45, 7) is 3.11. The highest BCUT2D eigenvalue weighted by atomic mass is 35.5. The van der Waals surface area contributed by atoms with E-state index >= 15 is 0 Å². The molecule has 1 saturated heterocycles. The van der Waals surface area contributed by atoms with Crippen LogP contribution in [0.15, 0.2) is 54.6 Å². The molecule has 0 atom stereocenters. The third kappa shape index (κ3) is 3.96. The third-order valence-electron chi connectivity index (χ3n) is 3.94. The second-order valence-corrected chi connectivity index (χ2v) is 5.83. The maximum atomic E-state index is 12.3. The van der Waals surface area contributed by atoms with Crippen molar-refractivity contribution in [3.05, 3.63) is 59.6 Å². The predicted molar refractivity (Wildman–Crippen MR) is 92.2 cm³/mol. The summed E-state index contributed by atoms with van der Waals surface area (Å²) in [6, 6.07) is 17.5. The van der Waals surface area contributed by atoms with E-state index in [0.717, 1.165) is 13.1 Å². The summed E-state index contributed by atoms with van der Waals surface area (Å²) in [6.07, 6.45) is 0. The lowest BCUT2D eigenvalue weighted by atomic mass is 10.2. The Kier molecular flexibility index (Phi) is 5.03. The molecule has 3 rings (SSSR count). The van der Waals surface area contributed by atoms with Crippen molar-refractivity contribution in [3.8, 4) is 5.75 Å². The van der Waals surface area contributed by atoms with Crippen LogP contribution in [-0.4, -0.2) is 43.6 Å². The van der Waals surface area contributed by atoms with E-state index in [4.69, 9.17) is 16.3 Å². The fraction of sp³-hybridized carbons (Fsp3) is 0.278. The molecule has 120 valence electrons. The molecule has 5 heteroatoms. The van der Waals surface area contributed by atoms with Gasteiger partial charge >= 0.3 is 0 Å². The van der Waals surface area contributed by atoms with Crippen LogP contribution in [-0.2, 0) is 4.79 Å². The highest BCUT2D eigenvalue weighted by Gasteiger charge is 2.21. The van der Waals surface area contributed by atoms with Crippen molar-refractivity contribution in [3.63, 3.8) is 0 Å². The first kappa shape index (κ1) is 15.7. The minimum absolute atomic E-state index is 0.00219. The van der Waals surface area contributed by atoms with Gasteiger partial charge in [0.1, 0.15) is 5.75 Å². The Bertz CT molecular complexity index is 655. The topological polar surface area (TPSA) is 32.8 Å². The summed E-state index contributed by atoms with van der Waals surface area (Å²) in [4.78, 5) is 16.4. The minimum Gasteiger partial charge on any atom is -0.482 e. The number of piperazine rings is 1. The Labute approximate surface area is 141 Å². The van der Waals surface area contributed by atoms with Gasteiger partial charge in [-0.3, -0.25) is 4.79 Å². The Hall–Kier alpha value is -2.20. The van der Waals surface area contributed by atoms with E-state index in [2.05, 4.69) is 17.0 Å². The van der Waals surface area contributed by atoms with Crippen molar-refractivity contribution in [2.45, 2.75) is 0 Å². The van der Waals surface area contributed by atoms with Crippen molar-refractivity contribution in [1.29, 1.82) is 0 Å². The zero-order valence-electron chi connectivity index (χ0n) is 12.8. The number of ether oxygens (including phenoxy) is 1. The summed E-state index contributed by atoms with van der Waals surface area (Å²) < 4.78 is 5.53. The van der Waals surface area contributed by atoms with Crippen molar-refractivity contribution >= 4 is 23.2 Å². The number of carbonyl (C=O) groups is 1. The first-order chi connectivity index (χ1) is 11.2. The summed E-state index contributed by atoms with van der Waals surface area (Å²) >= 11 is 6.02. The number of anilines is 1. The lowest BCUT2D eigenvalue weighted by molar-refractivity contribution is -0.133. The number of nitrogens with zero attached hydrogens (tertiary/aromatic N) is 2. The molecule has 0 unspecified atom stereocenters. The monoisotopic (exact) mass is 330 g/mol. The summed E-state index contributed by atoms with van der Waals surface area (Å²) in [5.74, 6) is 0.545. The van der Waals surface area contributed by atoms with Crippen LogP contribution in [0.25, 0.3) is 0 Å². The van der Waals surface area contributed by atoms with E-state index in [9.17, 15) is 4.79 Å². The van der Waals surface area contributed by atoms with Gasteiger partial charge in [0.15, 0.2) is 6.61 Å². The van der Waals surface area contributed by atoms with Gasteiger partial charge < -0.3 is 14.5 Å². The van der Waals surface area contributed by atoms with E-state index in [1.54, 1.807) is 12.1 Å². The average molecular weight is 331 g/mol. The zero-order chi connectivity index (χ0) is 16.1. The maximum absolute atomic E-state index is 12.3. The minimum atomic E-state index is -0.00219. The summed E-state index contributed by atoms with van der Waals surface area (Å²) in [7, 11) is 0. The number of carbonyl (C=O) groups excluding carboxylic acids is 1. The number of rotatable bonds is 4. The Morgan fingerprint density at radius 2 is 1.61 bits per heavy atom. The van der Waals surface area contributed by atoms with E-state index in [1.807, 2.05) is 35.2 Å². The Balaban J connectivity index is 1.50. The van der Waals surface area contributed by atoms with Crippen LogP contribution in [0.5, 0.6) is 5.75 Å². The number of hydrogen-bond acceptors (Lipinski definition) is 3. The molecule has 0 spiro atoms.